The third-order valence-electron chi connectivity index (χ3n) is 3.40. The quantitative estimate of drug-likeness (QED) is 0.903. The van der Waals surface area contributed by atoms with Gasteiger partial charge < -0.3 is 14.8 Å². The van der Waals surface area contributed by atoms with E-state index in [0.29, 0.717) is 29.9 Å². The van der Waals surface area contributed by atoms with Crippen LogP contribution in [0.25, 0.3) is 0 Å². The van der Waals surface area contributed by atoms with Gasteiger partial charge in [0.25, 0.3) is 5.56 Å². The van der Waals surface area contributed by atoms with E-state index in [4.69, 9.17) is 9.47 Å². The number of hydrogen-bond donors (Lipinski definition) is 1. The summed E-state index contributed by atoms with van der Waals surface area (Å²) in [4.78, 5) is 11.8. The molecule has 7 heteroatoms. The highest BCUT2D eigenvalue weighted by Gasteiger charge is 2.15. The minimum atomic E-state index is -0.184. The summed E-state index contributed by atoms with van der Waals surface area (Å²) in [6.45, 7) is 1.81. The third-order valence-corrected chi connectivity index (χ3v) is 4.17. The lowest BCUT2D eigenvalue weighted by atomic mass is 10.2. The first kappa shape index (κ1) is 14.9. The topological polar surface area (TPSA) is 65.4 Å². The average Bonchev–Trinajstić information content (AvgIpc) is 2.78. The van der Waals surface area contributed by atoms with E-state index in [1.54, 1.807) is 13.2 Å². The summed E-state index contributed by atoms with van der Waals surface area (Å²) in [5.74, 6) is 1.53. The molecule has 0 saturated heterocycles. The van der Waals surface area contributed by atoms with Crippen molar-refractivity contribution in [3.63, 3.8) is 0 Å². The number of ether oxygens (including phenoxy) is 2. The summed E-state index contributed by atoms with van der Waals surface area (Å²) in [5.41, 5.74) is 1.44. The number of nitrogens with one attached hydrogen (secondary N) is 1. The van der Waals surface area contributed by atoms with Crippen LogP contribution < -0.4 is 20.3 Å². The summed E-state index contributed by atoms with van der Waals surface area (Å²) >= 11 is 3.30. The summed E-state index contributed by atoms with van der Waals surface area (Å²) in [6.07, 6.45) is 2.48. The van der Waals surface area contributed by atoms with E-state index in [9.17, 15) is 4.79 Å². The van der Waals surface area contributed by atoms with Gasteiger partial charge in [0, 0.05) is 25.6 Å². The van der Waals surface area contributed by atoms with Gasteiger partial charge in [-0.1, -0.05) is 12.1 Å². The fraction of sp³-hybridized carbons (Fsp3) is 0.333. The second-order valence-electron chi connectivity index (χ2n) is 4.95. The van der Waals surface area contributed by atoms with Gasteiger partial charge in [-0.15, -0.1) is 0 Å². The minimum Gasteiger partial charge on any atom is -0.490 e. The fourth-order valence-electron chi connectivity index (χ4n) is 2.22. The molecule has 2 heterocycles. The van der Waals surface area contributed by atoms with Crippen LogP contribution in [0.1, 0.15) is 12.0 Å². The van der Waals surface area contributed by atoms with Gasteiger partial charge in [-0.25, -0.2) is 4.68 Å². The Kier molecular flexibility index (Phi) is 4.33. The molecule has 2 aromatic rings. The summed E-state index contributed by atoms with van der Waals surface area (Å²) < 4.78 is 13.2. The van der Waals surface area contributed by atoms with E-state index in [-0.39, 0.29) is 5.56 Å². The molecule has 22 heavy (non-hydrogen) atoms. The lowest BCUT2D eigenvalue weighted by Crippen LogP contribution is -2.21. The predicted octanol–water partition coefficient (Wildman–Crippen LogP) is 2.32. The van der Waals surface area contributed by atoms with Gasteiger partial charge in [-0.3, -0.25) is 4.79 Å². The number of para-hydroxylation sites is 1. The van der Waals surface area contributed by atoms with Crippen molar-refractivity contribution in [2.75, 3.05) is 18.5 Å². The molecule has 1 aliphatic rings. The Hall–Kier alpha value is -2.02. The number of nitrogens with zero attached hydrogens (tertiary/aromatic N) is 2. The number of anilines is 1. The van der Waals surface area contributed by atoms with E-state index in [1.807, 2.05) is 18.2 Å². The van der Waals surface area contributed by atoms with Gasteiger partial charge in [0.05, 0.1) is 25.1 Å². The number of hydrogen-bond acceptors (Lipinski definition) is 5. The zero-order valence-electron chi connectivity index (χ0n) is 12.1. The second kappa shape index (κ2) is 6.39. The fourth-order valence-corrected chi connectivity index (χ4v) is 2.72. The maximum Gasteiger partial charge on any atom is 0.282 e. The average molecular weight is 366 g/mol. The Morgan fingerprint density at radius 1 is 1.36 bits per heavy atom. The molecule has 0 atom stereocenters. The predicted molar refractivity (Wildman–Crippen MR) is 86.6 cm³/mol. The Morgan fingerprint density at radius 2 is 2.18 bits per heavy atom. The molecule has 0 aliphatic carbocycles. The van der Waals surface area contributed by atoms with Crippen LogP contribution >= 0.6 is 15.9 Å². The van der Waals surface area contributed by atoms with E-state index in [2.05, 4.69) is 26.3 Å². The summed E-state index contributed by atoms with van der Waals surface area (Å²) in [7, 11) is 1.61. The molecule has 0 unspecified atom stereocenters. The highest BCUT2D eigenvalue weighted by molar-refractivity contribution is 9.10. The molecular formula is C15H16BrN3O3. The molecule has 0 fully saturated rings. The van der Waals surface area contributed by atoms with Crippen molar-refractivity contribution in [2.45, 2.75) is 13.0 Å². The van der Waals surface area contributed by atoms with Crippen molar-refractivity contribution < 1.29 is 9.47 Å². The first-order chi connectivity index (χ1) is 10.7. The normalized spacial score (nSPS) is 13.5. The number of rotatable bonds is 3. The maximum atomic E-state index is 11.8. The van der Waals surface area contributed by atoms with Gasteiger partial charge in [0.2, 0.25) is 0 Å². The maximum absolute atomic E-state index is 11.8. The van der Waals surface area contributed by atoms with E-state index in [1.165, 1.54) is 4.68 Å². The van der Waals surface area contributed by atoms with Crippen LogP contribution in [0.4, 0.5) is 5.69 Å². The van der Waals surface area contributed by atoms with Crippen LogP contribution in [-0.4, -0.2) is 23.0 Å². The van der Waals surface area contributed by atoms with Gasteiger partial charge in [-0.2, -0.15) is 5.10 Å². The molecule has 0 radical (unpaired) electrons. The van der Waals surface area contributed by atoms with E-state index in [0.717, 1.165) is 23.5 Å². The number of halogens is 1. The standard InChI is InChI=1S/C15H16BrN3O3/c1-19-15(20)13(16)11(9-18-19)17-8-10-4-2-5-12-14(10)22-7-3-6-21-12/h2,4-5,9,17H,3,6-8H2,1H3. The monoisotopic (exact) mass is 365 g/mol. The number of aryl methyl sites for hydroxylation is 1. The molecule has 0 bridgehead atoms. The van der Waals surface area contributed by atoms with Gasteiger partial charge >= 0.3 is 0 Å². The van der Waals surface area contributed by atoms with Gasteiger partial charge in [-0.05, 0) is 22.0 Å². The Balaban J connectivity index is 1.83. The molecule has 1 N–H and O–H groups in total. The van der Waals surface area contributed by atoms with E-state index < -0.39 is 0 Å². The molecule has 1 aromatic carbocycles. The summed E-state index contributed by atoms with van der Waals surface area (Å²) in [5, 5.41) is 7.22. The Bertz CT molecular complexity index is 745. The van der Waals surface area contributed by atoms with E-state index >= 15 is 0 Å². The highest BCUT2D eigenvalue weighted by Crippen LogP contribution is 2.33. The van der Waals surface area contributed by atoms with Crippen molar-refractivity contribution in [2.24, 2.45) is 7.05 Å². The van der Waals surface area contributed by atoms with Crippen molar-refractivity contribution >= 4 is 21.6 Å². The Morgan fingerprint density at radius 3 is 3.05 bits per heavy atom. The third kappa shape index (κ3) is 2.94. The van der Waals surface area contributed by atoms with Crippen LogP contribution in [0.5, 0.6) is 11.5 Å². The largest absolute Gasteiger partial charge is 0.490 e. The lowest BCUT2D eigenvalue weighted by molar-refractivity contribution is 0.296. The molecule has 0 amide bonds. The molecule has 116 valence electrons. The van der Waals surface area contributed by atoms with Gasteiger partial charge in [0.15, 0.2) is 11.5 Å². The summed E-state index contributed by atoms with van der Waals surface area (Å²) in [6, 6.07) is 5.81. The smallest absolute Gasteiger partial charge is 0.282 e. The molecule has 0 saturated carbocycles. The highest BCUT2D eigenvalue weighted by atomic mass is 79.9. The molecule has 3 rings (SSSR count). The number of aromatic nitrogens is 2. The Labute approximate surface area is 136 Å². The van der Waals surface area contributed by atoms with Crippen molar-refractivity contribution in [3.8, 4) is 11.5 Å². The van der Waals surface area contributed by atoms with Crippen LogP contribution in [0.3, 0.4) is 0 Å². The van der Waals surface area contributed by atoms with Crippen LogP contribution in [0, 0.1) is 0 Å². The van der Waals surface area contributed by atoms with Gasteiger partial charge in [0.1, 0.15) is 4.47 Å². The van der Waals surface area contributed by atoms with Crippen LogP contribution in [-0.2, 0) is 13.6 Å². The zero-order valence-corrected chi connectivity index (χ0v) is 13.7. The van der Waals surface area contributed by atoms with Crippen molar-refractivity contribution in [3.05, 3.63) is 44.8 Å². The van der Waals surface area contributed by atoms with Crippen LogP contribution in [0.2, 0.25) is 0 Å². The molecule has 6 nitrogen and oxygen atoms in total. The molecule has 1 aromatic heterocycles. The molecular weight excluding hydrogens is 350 g/mol. The second-order valence-corrected chi connectivity index (χ2v) is 5.74. The van der Waals surface area contributed by atoms with Crippen LogP contribution in [0.15, 0.2) is 33.7 Å². The SMILES string of the molecule is Cn1ncc(NCc2cccc3c2OCCCO3)c(Br)c1=O. The zero-order chi connectivity index (χ0) is 15.5. The first-order valence-electron chi connectivity index (χ1n) is 7.00. The number of benzene rings is 1. The van der Waals surface area contributed by atoms with Crippen molar-refractivity contribution in [1.82, 2.24) is 9.78 Å². The molecule has 0 spiro atoms. The molecule has 1 aliphatic heterocycles. The minimum absolute atomic E-state index is 0.184. The van der Waals surface area contributed by atoms with Crippen molar-refractivity contribution in [1.29, 1.82) is 0 Å². The lowest BCUT2D eigenvalue weighted by Gasteiger charge is -2.14. The first-order valence-corrected chi connectivity index (χ1v) is 7.79. The number of fused-ring (bicyclic) bond motifs is 1.